The van der Waals surface area contributed by atoms with E-state index in [-0.39, 0.29) is 16.3 Å². The van der Waals surface area contributed by atoms with E-state index < -0.39 is 0 Å². The molecular formula is C31H31O2S2+. The molecule has 2 fully saturated rings. The van der Waals surface area contributed by atoms with Crippen molar-refractivity contribution in [2.75, 3.05) is 7.11 Å². The standard InChI is InChI=1S/C31H31O2S2/c1-31-16-15-20-21(23(31)13-14-30(31)32)12-11-19-17-24(33-2)29(18-22(19)20)35-27-9-5-3-7-25(27)34-26-8-4-6-10-28(26)35/h3-10,17-18,20-21,23H,11-16H2,1-2H3/q+1/t20-,21+,23-,31-/m0/s1. The van der Waals surface area contributed by atoms with Crippen LogP contribution in [-0.4, -0.2) is 12.9 Å². The number of benzene rings is 3. The Labute approximate surface area is 215 Å². The van der Waals surface area contributed by atoms with E-state index in [9.17, 15) is 4.79 Å². The average Bonchev–Trinajstić information content (AvgIpc) is 3.20. The Morgan fingerprint density at radius 1 is 0.914 bits per heavy atom. The van der Waals surface area contributed by atoms with Crippen molar-refractivity contribution in [2.45, 2.75) is 75.8 Å². The molecule has 3 aromatic carbocycles. The zero-order valence-corrected chi connectivity index (χ0v) is 22.0. The molecule has 4 atom stereocenters. The molecule has 7 rings (SSSR count). The summed E-state index contributed by atoms with van der Waals surface area (Å²) >= 11 is 1.89. The van der Waals surface area contributed by atoms with Crippen molar-refractivity contribution in [1.29, 1.82) is 0 Å². The van der Waals surface area contributed by atoms with Crippen LogP contribution in [0.4, 0.5) is 0 Å². The lowest BCUT2D eigenvalue weighted by atomic mass is 9.55. The zero-order chi connectivity index (χ0) is 23.7. The van der Waals surface area contributed by atoms with Crippen LogP contribution in [0.2, 0.25) is 0 Å². The van der Waals surface area contributed by atoms with Crippen molar-refractivity contribution in [3.8, 4) is 5.75 Å². The lowest BCUT2D eigenvalue weighted by Gasteiger charge is -2.48. The Balaban J connectivity index is 1.38. The van der Waals surface area contributed by atoms with Crippen LogP contribution < -0.4 is 4.74 Å². The van der Waals surface area contributed by atoms with Crippen molar-refractivity contribution in [1.82, 2.24) is 0 Å². The molecule has 0 spiro atoms. The first-order chi connectivity index (χ1) is 17.1. The normalized spacial score (nSPS) is 29.0. The van der Waals surface area contributed by atoms with Gasteiger partial charge < -0.3 is 4.74 Å². The fraction of sp³-hybridized carbons (Fsp3) is 0.387. The summed E-state index contributed by atoms with van der Waals surface area (Å²) < 4.78 is 6.09. The summed E-state index contributed by atoms with van der Waals surface area (Å²) in [5.74, 6) is 3.32. The summed E-state index contributed by atoms with van der Waals surface area (Å²) in [4.78, 5) is 19.6. The molecule has 0 amide bonds. The summed E-state index contributed by atoms with van der Waals surface area (Å²) in [5.41, 5.74) is 2.93. The minimum atomic E-state index is -0.199. The summed E-state index contributed by atoms with van der Waals surface area (Å²) in [7, 11) is 1.63. The van der Waals surface area contributed by atoms with Crippen LogP contribution in [0.15, 0.2) is 85.1 Å². The van der Waals surface area contributed by atoms with E-state index in [0.717, 1.165) is 37.9 Å². The Morgan fingerprint density at radius 2 is 1.63 bits per heavy atom. The molecule has 0 aromatic heterocycles. The second-order valence-electron chi connectivity index (χ2n) is 10.8. The molecule has 1 aliphatic heterocycles. The third-order valence-corrected chi connectivity index (χ3v) is 13.1. The topological polar surface area (TPSA) is 26.3 Å². The molecule has 2 saturated carbocycles. The van der Waals surface area contributed by atoms with Gasteiger partial charge in [0.2, 0.25) is 4.90 Å². The zero-order valence-electron chi connectivity index (χ0n) is 20.4. The van der Waals surface area contributed by atoms with Gasteiger partial charge in [0.1, 0.15) is 16.7 Å². The predicted molar refractivity (Wildman–Crippen MR) is 142 cm³/mol. The molecule has 2 nitrogen and oxygen atoms in total. The fourth-order valence-electron chi connectivity index (χ4n) is 7.55. The highest BCUT2D eigenvalue weighted by atomic mass is 32.2. The van der Waals surface area contributed by atoms with Crippen molar-refractivity contribution in [3.05, 3.63) is 71.8 Å². The van der Waals surface area contributed by atoms with E-state index >= 15 is 0 Å². The van der Waals surface area contributed by atoms with Gasteiger partial charge in [0.15, 0.2) is 15.5 Å². The highest BCUT2D eigenvalue weighted by Gasteiger charge is 2.55. The molecule has 3 aromatic rings. The molecule has 1 heterocycles. The van der Waals surface area contributed by atoms with Crippen LogP contribution in [0.5, 0.6) is 5.75 Å². The largest absolute Gasteiger partial charge is 0.491 e. The smallest absolute Gasteiger partial charge is 0.208 e. The number of hydrogen-bond acceptors (Lipinski definition) is 3. The second kappa shape index (κ2) is 8.18. The van der Waals surface area contributed by atoms with E-state index in [2.05, 4.69) is 67.6 Å². The molecule has 0 radical (unpaired) electrons. The van der Waals surface area contributed by atoms with E-state index in [4.69, 9.17) is 4.74 Å². The summed E-state index contributed by atoms with van der Waals surface area (Å²) in [6.45, 7) is 2.27. The van der Waals surface area contributed by atoms with Crippen LogP contribution >= 0.6 is 11.8 Å². The fourth-order valence-corrected chi connectivity index (χ4v) is 11.4. The third kappa shape index (κ3) is 3.22. The SMILES string of the molecule is COc1cc2c(cc1[S+]1c3ccccc3Sc3ccccc31)[C@H]1CC[C@]3(C)C(=O)CC[C@H]3[C@@H]1CC2. The molecule has 35 heavy (non-hydrogen) atoms. The molecule has 0 N–H and O–H groups in total. The number of fused-ring (bicyclic) bond motifs is 7. The molecule has 4 heteroatoms. The lowest BCUT2D eigenvalue weighted by Crippen LogP contribution is -2.42. The van der Waals surface area contributed by atoms with E-state index in [0.29, 0.717) is 23.5 Å². The lowest BCUT2D eigenvalue weighted by molar-refractivity contribution is -0.129. The first-order valence-electron chi connectivity index (χ1n) is 12.9. The molecule has 0 bridgehead atoms. The summed E-state index contributed by atoms with van der Waals surface area (Å²) in [6.07, 6.45) is 6.38. The molecular weight excluding hydrogens is 468 g/mol. The second-order valence-corrected chi connectivity index (χ2v) is 13.9. The van der Waals surface area contributed by atoms with Crippen molar-refractivity contribution in [3.63, 3.8) is 0 Å². The van der Waals surface area contributed by atoms with Gasteiger partial charge in [-0.05, 0) is 91.3 Å². The van der Waals surface area contributed by atoms with Gasteiger partial charge in [-0.1, -0.05) is 43.0 Å². The van der Waals surface area contributed by atoms with Crippen molar-refractivity contribution >= 4 is 28.4 Å². The van der Waals surface area contributed by atoms with Crippen LogP contribution in [0.1, 0.15) is 56.1 Å². The summed E-state index contributed by atoms with van der Waals surface area (Å²) in [6, 6.07) is 22.7. The number of rotatable bonds is 2. The van der Waals surface area contributed by atoms with Crippen molar-refractivity contribution in [2.24, 2.45) is 17.3 Å². The maximum Gasteiger partial charge on any atom is 0.208 e. The van der Waals surface area contributed by atoms with Crippen molar-refractivity contribution < 1.29 is 9.53 Å². The number of hydrogen-bond donors (Lipinski definition) is 0. The maximum atomic E-state index is 12.8. The number of Topliss-reactive ketones (excluding diaryl/α,β-unsaturated/α-hetero) is 1. The maximum absolute atomic E-state index is 12.8. The van der Waals surface area contributed by atoms with Crippen LogP contribution in [0.25, 0.3) is 0 Å². The Morgan fingerprint density at radius 3 is 2.34 bits per heavy atom. The Bertz CT molecular complexity index is 1300. The van der Waals surface area contributed by atoms with Gasteiger partial charge in [-0.3, -0.25) is 4.79 Å². The minimum Gasteiger partial charge on any atom is -0.491 e. The van der Waals surface area contributed by atoms with Gasteiger partial charge in [-0.25, -0.2) is 0 Å². The quantitative estimate of drug-likeness (QED) is 0.265. The number of ether oxygens (including phenoxy) is 1. The molecule has 0 unspecified atom stereocenters. The first kappa shape index (κ1) is 22.1. The monoisotopic (exact) mass is 499 g/mol. The van der Waals surface area contributed by atoms with Crippen LogP contribution in [0.3, 0.4) is 0 Å². The van der Waals surface area contributed by atoms with E-state index in [1.54, 1.807) is 5.56 Å². The van der Waals surface area contributed by atoms with Gasteiger partial charge >= 0.3 is 0 Å². The van der Waals surface area contributed by atoms with Crippen LogP contribution in [0, 0.1) is 17.3 Å². The van der Waals surface area contributed by atoms with Gasteiger partial charge in [0, 0.05) is 17.9 Å². The molecule has 3 aliphatic carbocycles. The van der Waals surface area contributed by atoms with Gasteiger partial charge in [-0.15, -0.1) is 0 Å². The number of methoxy groups -OCH3 is 1. The number of carbonyl (C=O) groups is 1. The highest BCUT2D eigenvalue weighted by Crippen LogP contribution is 2.60. The molecule has 4 aliphatic rings. The van der Waals surface area contributed by atoms with E-state index in [1.165, 1.54) is 36.5 Å². The average molecular weight is 500 g/mol. The van der Waals surface area contributed by atoms with Gasteiger partial charge in [0.05, 0.1) is 16.9 Å². The minimum absolute atomic E-state index is 0.0752. The highest BCUT2D eigenvalue weighted by molar-refractivity contribution is 8.04. The number of carbonyl (C=O) groups excluding carboxylic acids is 1. The predicted octanol–water partition coefficient (Wildman–Crippen LogP) is 7.68. The van der Waals surface area contributed by atoms with Gasteiger partial charge in [-0.2, -0.15) is 0 Å². The number of ketones is 1. The Hall–Kier alpha value is -2.17. The van der Waals surface area contributed by atoms with E-state index in [1.807, 2.05) is 18.9 Å². The molecule has 0 saturated heterocycles. The van der Waals surface area contributed by atoms with Crippen LogP contribution in [-0.2, 0) is 22.1 Å². The Kier molecular flexibility index (Phi) is 5.15. The first-order valence-corrected chi connectivity index (χ1v) is 15.0. The number of aryl methyl sites for hydroxylation is 1. The third-order valence-electron chi connectivity index (χ3n) is 9.30. The summed E-state index contributed by atoms with van der Waals surface area (Å²) in [5, 5.41) is 0. The van der Waals surface area contributed by atoms with Gasteiger partial charge in [0.25, 0.3) is 0 Å². The molecule has 178 valence electrons.